The molecule has 2 rings (SSSR count). The maximum Gasteiger partial charge on any atom is 0.188 e. The van der Waals surface area contributed by atoms with Crippen LogP contribution in [0.25, 0.3) is 0 Å². The fourth-order valence-corrected chi connectivity index (χ4v) is 3.51. The van der Waals surface area contributed by atoms with E-state index in [0.717, 1.165) is 18.8 Å². The summed E-state index contributed by atoms with van der Waals surface area (Å²) in [4.78, 5) is 4.33. The Morgan fingerprint density at radius 1 is 1.44 bits per heavy atom. The molecule has 0 aromatic heterocycles. The van der Waals surface area contributed by atoms with Crippen LogP contribution in [0.3, 0.4) is 0 Å². The quantitative estimate of drug-likeness (QED) is 0.529. The van der Waals surface area contributed by atoms with E-state index in [1.807, 2.05) is 0 Å². The van der Waals surface area contributed by atoms with Crippen LogP contribution in [0, 0.1) is 11.8 Å². The first-order valence-electron chi connectivity index (χ1n) is 7.09. The molecular formula is C14H27N3O. The molecule has 2 aliphatic carbocycles. The van der Waals surface area contributed by atoms with E-state index in [1.165, 1.54) is 19.3 Å². The normalized spacial score (nSPS) is 36.1. The Balaban J connectivity index is 1.80. The zero-order valence-corrected chi connectivity index (χ0v) is 11.9. The molecule has 0 aliphatic heterocycles. The Morgan fingerprint density at radius 2 is 2.17 bits per heavy atom. The number of nitrogens with one attached hydrogen (secondary N) is 1. The van der Waals surface area contributed by atoms with Crippen molar-refractivity contribution in [2.45, 2.75) is 64.0 Å². The Hall–Kier alpha value is -0.770. The highest BCUT2D eigenvalue weighted by Gasteiger charge is 2.49. The summed E-state index contributed by atoms with van der Waals surface area (Å²) in [6.07, 6.45) is 5.45. The van der Waals surface area contributed by atoms with E-state index >= 15 is 0 Å². The molecule has 0 radical (unpaired) electrons. The summed E-state index contributed by atoms with van der Waals surface area (Å²) in [7, 11) is 0. The molecule has 2 aliphatic rings. The van der Waals surface area contributed by atoms with Gasteiger partial charge >= 0.3 is 0 Å². The zero-order valence-electron chi connectivity index (χ0n) is 11.9. The fourth-order valence-electron chi connectivity index (χ4n) is 3.51. The van der Waals surface area contributed by atoms with Crippen molar-refractivity contribution in [3.63, 3.8) is 0 Å². The predicted octanol–water partition coefficient (Wildman–Crippen LogP) is 1.63. The summed E-state index contributed by atoms with van der Waals surface area (Å²) in [6, 6.07) is 0. The number of aliphatic imine (C=N–C) groups is 1. The van der Waals surface area contributed by atoms with E-state index < -0.39 is 5.60 Å². The van der Waals surface area contributed by atoms with Gasteiger partial charge in [-0.25, -0.2) is 0 Å². The van der Waals surface area contributed by atoms with Crippen LogP contribution in [0.15, 0.2) is 4.99 Å². The number of hydrogen-bond acceptors (Lipinski definition) is 2. The van der Waals surface area contributed by atoms with Gasteiger partial charge in [0.05, 0.1) is 5.60 Å². The van der Waals surface area contributed by atoms with Crippen molar-refractivity contribution in [3.8, 4) is 0 Å². The molecular weight excluding hydrogens is 226 g/mol. The minimum atomic E-state index is -0.464. The molecule has 2 saturated carbocycles. The summed E-state index contributed by atoms with van der Waals surface area (Å²) >= 11 is 0. The Labute approximate surface area is 110 Å². The van der Waals surface area contributed by atoms with E-state index in [2.05, 4.69) is 31.1 Å². The van der Waals surface area contributed by atoms with Crippen molar-refractivity contribution in [1.82, 2.24) is 5.32 Å². The van der Waals surface area contributed by atoms with Gasteiger partial charge in [-0.2, -0.15) is 0 Å². The highest BCUT2D eigenvalue weighted by atomic mass is 16.3. The molecule has 0 saturated heterocycles. The van der Waals surface area contributed by atoms with E-state index in [9.17, 15) is 5.11 Å². The first-order chi connectivity index (χ1) is 8.28. The van der Waals surface area contributed by atoms with Gasteiger partial charge in [-0.15, -0.1) is 0 Å². The van der Waals surface area contributed by atoms with Crippen LogP contribution in [0.5, 0.6) is 0 Å². The van der Waals surface area contributed by atoms with Gasteiger partial charge in [0.2, 0.25) is 0 Å². The second-order valence-electron chi connectivity index (χ2n) is 7.08. The number of aliphatic hydroxyl groups is 1. The number of rotatable bonds is 3. The van der Waals surface area contributed by atoms with Crippen LogP contribution < -0.4 is 11.1 Å². The molecule has 3 unspecified atom stereocenters. The molecule has 3 atom stereocenters. The minimum absolute atomic E-state index is 0.0586. The molecule has 0 heterocycles. The summed E-state index contributed by atoms with van der Waals surface area (Å²) in [5.74, 6) is 1.75. The van der Waals surface area contributed by atoms with Crippen LogP contribution in [0.2, 0.25) is 0 Å². The second-order valence-corrected chi connectivity index (χ2v) is 7.08. The van der Waals surface area contributed by atoms with Crippen molar-refractivity contribution >= 4 is 5.96 Å². The van der Waals surface area contributed by atoms with Crippen molar-refractivity contribution in [2.24, 2.45) is 22.6 Å². The fraction of sp³-hybridized carbons (Fsp3) is 0.929. The summed E-state index contributed by atoms with van der Waals surface area (Å²) < 4.78 is 0. The SMILES string of the molecule is CC(C)(C)NC(N)=NCCC1(O)CC2CCC1C2. The van der Waals surface area contributed by atoms with Gasteiger partial charge in [-0.05, 0) is 64.7 Å². The largest absolute Gasteiger partial charge is 0.390 e. The first kappa shape index (κ1) is 13.7. The average Bonchev–Trinajstić information content (AvgIpc) is 2.73. The molecule has 104 valence electrons. The van der Waals surface area contributed by atoms with E-state index in [4.69, 9.17) is 5.73 Å². The van der Waals surface area contributed by atoms with Crippen LogP contribution in [-0.2, 0) is 0 Å². The van der Waals surface area contributed by atoms with Gasteiger partial charge in [0.15, 0.2) is 5.96 Å². The third kappa shape index (κ3) is 3.16. The standard InChI is InChI=1S/C14H27N3O/c1-13(2,3)17-12(15)16-7-6-14(18)9-10-4-5-11(14)8-10/h10-11,18H,4-9H2,1-3H3,(H3,15,16,17). The van der Waals surface area contributed by atoms with Crippen molar-refractivity contribution < 1.29 is 5.11 Å². The lowest BCUT2D eigenvalue weighted by Crippen LogP contribution is -2.45. The summed E-state index contributed by atoms with van der Waals surface area (Å²) in [5, 5.41) is 13.7. The lowest BCUT2D eigenvalue weighted by atomic mass is 9.82. The molecule has 4 nitrogen and oxygen atoms in total. The predicted molar refractivity (Wildman–Crippen MR) is 74.4 cm³/mol. The van der Waals surface area contributed by atoms with Crippen LogP contribution in [-0.4, -0.2) is 28.8 Å². The van der Waals surface area contributed by atoms with Gasteiger partial charge in [0.1, 0.15) is 0 Å². The van der Waals surface area contributed by atoms with E-state index in [0.29, 0.717) is 18.4 Å². The smallest absolute Gasteiger partial charge is 0.188 e. The number of nitrogens with zero attached hydrogens (tertiary/aromatic N) is 1. The minimum Gasteiger partial charge on any atom is -0.390 e. The van der Waals surface area contributed by atoms with Crippen molar-refractivity contribution in [1.29, 1.82) is 0 Å². The molecule has 0 spiro atoms. The first-order valence-corrected chi connectivity index (χ1v) is 7.09. The molecule has 0 aromatic rings. The Morgan fingerprint density at radius 3 is 2.67 bits per heavy atom. The van der Waals surface area contributed by atoms with Gasteiger partial charge < -0.3 is 16.2 Å². The average molecular weight is 253 g/mol. The molecule has 0 amide bonds. The third-order valence-electron chi connectivity index (χ3n) is 4.27. The Kier molecular flexibility index (Phi) is 3.58. The lowest BCUT2D eigenvalue weighted by molar-refractivity contribution is -0.0181. The highest BCUT2D eigenvalue weighted by Crippen LogP contribution is 2.52. The molecule has 2 fully saturated rings. The summed E-state index contributed by atoms with van der Waals surface area (Å²) in [5.41, 5.74) is 5.30. The van der Waals surface area contributed by atoms with Crippen molar-refractivity contribution in [3.05, 3.63) is 0 Å². The number of hydrogen-bond donors (Lipinski definition) is 3. The molecule has 18 heavy (non-hydrogen) atoms. The molecule has 2 bridgehead atoms. The monoisotopic (exact) mass is 253 g/mol. The maximum atomic E-state index is 10.6. The molecule has 4 N–H and O–H groups in total. The second kappa shape index (κ2) is 4.72. The number of fused-ring (bicyclic) bond motifs is 2. The van der Waals surface area contributed by atoms with Crippen molar-refractivity contribution in [2.75, 3.05) is 6.54 Å². The van der Waals surface area contributed by atoms with Gasteiger partial charge in [0, 0.05) is 12.1 Å². The van der Waals surface area contributed by atoms with Crippen LogP contribution in [0.4, 0.5) is 0 Å². The Bertz CT molecular complexity index is 334. The third-order valence-corrected chi connectivity index (χ3v) is 4.27. The number of nitrogens with two attached hydrogens (primary N) is 1. The maximum absolute atomic E-state index is 10.6. The molecule has 4 heteroatoms. The topological polar surface area (TPSA) is 70.6 Å². The van der Waals surface area contributed by atoms with E-state index in [-0.39, 0.29) is 5.54 Å². The van der Waals surface area contributed by atoms with Gasteiger partial charge in [-0.1, -0.05) is 0 Å². The van der Waals surface area contributed by atoms with Crippen LogP contribution >= 0.6 is 0 Å². The molecule has 0 aromatic carbocycles. The number of guanidine groups is 1. The lowest BCUT2D eigenvalue weighted by Gasteiger charge is -2.32. The van der Waals surface area contributed by atoms with E-state index in [1.54, 1.807) is 0 Å². The van der Waals surface area contributed by atoms with Gasteiger partial charge in [-0.3, -0.25) is 4.99 Å². The highest BCUT2D eigenvalue weighted by molar-refractivity contribution is 5.78. The van der Waals surface area contributed by atoms with Gasteiger partial charge in [0.25, 0.3) is 0 Å². The van der Waals surface area contributed by atoms with Crippen LogP contribution in [0.1, 0.15) is 52.9 Å². The zero-order chi connectivity index (χ0) is 13.4. The summed E-state index contributed by atoms with van der Waals surface area (Å²) in [6.45, 7) is 6.78.